The fourth-order valence-corrected chi connectivity index (χ4v) is 1.91. The van der Waals surface area contributed by atoms with Crippen LogP contribution in [-0.4, -0.2) is 17.4 Å². The Bertz CT molecular complexity index is 511. The van der Waals surface area contributed by atoms with E-state index in [1.165, 1.54) is 0 Å². The Morgan fingerprint density at radius 3 is 2.58 bits per heavy atom. The fraction of sp³-hybridized carbons (Fsp3) is 0.250. The molecule has 1 unspecified atom stereocenters. The summed E-state index contributed by atoms with van der Waals surface area (Å²) in [5.74, 6) is -0.0629. The Labute approximate surface area is 113 Å². The van der Waals surface area contributed by atoms with Crippen molar-refractivity contribution in [1.29, 1.82) is 0 Å². The smallest absolute Gasteiger partial charge is 0.227 e. The van der Waals surface area contributed by atoms with Gasteiger partial charge in [0.15, 0.2) is 0 Å². The number of nitrogens with one attached hydrogen (secondary N) is 1. The van der Waals surface area contributed by atoms with Crippen LogP contribution in [0.15, 0.2) is 54.7 Å². The number of nitrogens with zero attached hydrogens (tertiary/aromatic N) is 1. The van der Waals surface area contributed by atoms with Gasteiger partial charge >= 0.3 is 0 Å². The normalized spacial score (nSPS) is 11.8. The van der Waals surface area contributed by atoms with Gasteiger partial charge in [0.1, 0.15) is 0 Å². The molecule has 0 saturated heterocycles. The Hall–Kier alpha value is -2.16. The summed E-state index contributed by atoms with van der Waals surface area (Å²) in [4.78, 5) is 16.2. The molecule has 0 aliphatic rings. The number of carbonyl (C=O) groups is 1. The van der Waals surface area contributed by atoms with Gasteiger partial charge in [0.25, 0.3) is 0 Å². The van der Waals surface area contributed by atoms with Crippen LogP contribution in [0.3, 0.4) is 0 Å². The van der Waals surface area contributed by atoms with Gasteiger partial charge in [-0.3, -0.25) is 9.78 Å². The molecule has 1 heterocycles. The van der Waals surface area contributed by atoms with E-state index in [1.807, 2.05) is 55.5 Å². The van der Waals surface area contributed by atoms with Crippen LogP contribution < -0.4 is 5.32 Å². The third kappa shape index (κ3) is 3.91. The van der Waals surface area contributed by atoms with E-state index in [-0.39, 0.29) is 11.8 Å². The molecule has 1 amide bonds. The van der Waals surface area contributed by atoms with Crippen LogP contribution in [0.1, 0.15) is 24.1 Å². The summed E-state index contributed by atoms with van der Waals surface area (Å²) in [5.41, 5.74) is 2.04. The van der Waals surface area contributed by atoms with E-state index >= 15 is 0 Å². The summed E-state index contributed by atoms with van der Waals surface area (Å²) in [6.07, 6.45) is 2.53. The Balaban J connectivity index is 1.82. The van der Waals surface area contributed by atoms with Gasteiger partial charge in [-0.25, -0.2) is 0 Å². The highest BCUT2D eigenvalue weighted by atomic mass is 16.1. The Morgan fingerprint density at radius 2 is 1.89 bits per heavy atom. The van der Waals surface area contributed by atoms with E-state index < -0.39 is 0 Å². The van der Waals surface area contributed by atoms with Crippen molar-refractivity contribution in [3.63, 3.8) is 0 Å². The largest absolute Gasteiger partial charge is 0.355 e. The second kappa shape index (κ2) is 6.69. The lowest BCUT2D eigenvalue weighted by molar-refractivity contribution is -0.122. The maximum Gasteiger partial charge on any atom is 0.227 e. The summed E-state index contributed by atoms with van der Waals surface area (Å²) in [7, 11) is 0. The minimum Gasteiger partial charge on any atom is -0.355 e. The highest BCUT2D eigenvalue weighted by Crippen LogP contribution is 2.14. The minimum atomic E-state index is -0.120. The molecule has 0 spiro atoms. The molecular formula is C16H18N2O. The SMILES string of the molecule is CC(C(=O)NCCc1ccccn1)c1ccccc1. The topological polar surface area (TPSA) is 42.0 Å². The first-order valence-electron chi connectivity index (χ1n) is 6.50. The molecule has 0 aliphatic carbocycles. The van der Waals surface area contributed by atoms with Crippen LogP contribution in [0.4, 0.5) is 0 Å². The van der Waals surface area contributed by atoms with Crippen LogP contribution in [0.25, 0.3) is 0 Å². The lowest BCUT2D eigenvalue weighted by atomic mass is 10.0. The third-order valence-electron chi connectivity index (χ3n) is 3.10. The first-order valence-corrected chi connectivity index (χ1v) is 6.50. The highest BCUT2D eigenvalue weighted by Gasteiger charge is 2.13. The maximum atomic E-state index is 12.0. The molecule has 0 radical (unpaired) electrons. The third-order valence-corrected chi connectivity index (χ3v) is 3.10. The number of rotatable bonds is 5. The Morgan fingerprint density at radius 1 is 1.16 bits per heavy atom. The lowest BCUT2D eigenvalue weighted by Gasteiger charge is -2.12. The first-order chi connectivity index (χ1) is 9.27. The Kier molecular flexibility index (Phi) is 4.67. The quantitative estimate of drug-likeness (QED) is 0.891. The van der Waals surface area contributed by atoms with Crippen LogP contribution in [0.5, 0.6) is 0 Å². The summed E-state index contributed by atoms with van der Waals surface area (Å²) in [6.45, 7) is 2.54. The van der Waals surface area contributed by atoms with Gasteiger partial charge in [0.2, 0.25) is 5.91 Å². The number of pyridine rings is 1. The zero-order valence-electron chi connectivity index (χ0n) is 11.0. The summed E-state index contributed by atoms with van der Waals surface area (Å²) in [5, 5.41) is 2.95. The van der Waals surface area contributed by atoms with E-state index in [0.29, 0.717) is 6.54 Å². The second-order valence-electron chi connectivity index (χ2n) is 4.49. The zero-order chi connectivity index (χ0) is 13.5. The van der Waals surface area contributed by atoms with Crippen molar-refractivity contribution < 1.29 is 4.79 Å². The molecule has 19 heavy (non-hydrogen) atoms. The summed E-state index contributed by atoms with van der Waals surface area (Å²) < 4.78 is 0. The molecular weight excluding hydrogens is 236 g/mol. The number of amides is 1. The van der Waals surface area contributed by atoms with Crippen LogP contribution >= 0.6 is 0 Å². The molecule has 0 bridgehead atoms. The van der Waals surface area contributed by atoms with Gasteiger partial charge in [0.05, 0.1) is 5.92 Å². The molecule has 3 nitrogen and oxygen atoms in total. The highest BCUT2D eigenvalue weighted by molar-refractivity contribution is 5.83. The molecule has 2 aromatic rings. The number of aromatic nitrogens is 1. The standard InChI is InChI=1S/C16H18N2O/c1-13(14-7-3-2-4-8-14)16(19)18-12-10-15-9-5-6-11-17-15/h2-9,11,13H,10,12H2,1H3,(H,18,19). The molecule has 1 N–H and O–H groups in total. The molecule has 3 heteroatoms. The van der Waals surface area contributed by atoms with Crippen molar-refractivity contribution in [1.82, 2.24) is 10.3 Å². The fourth-order valence-electron chi connectivity index (χ4n) is 1.91. The van der Waals surface area contributed by atoms with E-state index in [0.717, 1.165) is 17.7 Å². The molecule has 1 aromatic carbocycles. The minimum absolute atomic E-state index is 0.0575. The van der Waals surface area contributed by atoms with Gasteiger partial charge in [-0.2, -0.15) is 0 Å². The molecule has 1 atom stereocenters. The number of hydrogen-bond donors (Lipinski definition) is 1. The van der Waals surface area contributed by atoms with E-state index in [1.54, 1.807) is 6.20 Å². The number of carbonyl (C=O) groups excluding carboxylic acids is 1. The van der Waals surface area contributed by atoms with Gasteiger partial charge < -0.3 is 5.32 Å². The van der Waals surface area contributed by atoms with Gasteiger partial charge in [-0.1, -0.05) is 36.4 Å². The monoisotopic (exact) mass is 254 g/mol. The summed E-state index contributed by atoms with van der Waals surface area (Å²) in [6, 6.07) is 15.6. The average Bonchev–Trinajstić information content (AvgIpc) is 2.48. The average molecular weight is 254 g/mol. The molecule has 0 saturated carbocycles. The lowest BCUT2D eigenvalue weighted by Crippen LogP contribution is -2.29. The number of benzene rings is 1. The van der Waals surface area contributed by atoms with Crippen molar-refractivity contribution in [2.24, 2.45) is 0 Å². The first kappa shape index (κ1) is 13.3. The van der Waals surface area contributed by atoms with Crippen LogP contribution in [-0.2, 0) is 11.2 Å². The van der Waals surface area contributed by atoms with Crippen LogP contribution in [0, 0.1) is 0 Å². The van der Waals surface area contributed by atoms with Gasteiger partial charge in [0, 0.05) is 24.9 Å². The maximum absolute atomic E-state index is 12.0. The molecule has 98 valence electrons. The second-order valence-corrected chi connectivity index (χ2v) is 4.49. The molecule has 0 fully saturated rings. The zero-order valence-corrected chi connectivity index (χ0v) is 11.0. The summed E-state index contributed by atoms with van der Waals surface area (Å²) >= 11 is 0. The van der Waals surface area contributed by atoms with Crippen molar-refractivity contribution in [3.05, 3.63) is 66.0 Å². The van der Waals surface area contributed by atoms with E-state index in [4.69, 9.17) is 0 Å². The van der Waals surface area contributed by atoms with Crippen molar-refractivity contribution >= 4 is 5.91 Å². The number of hydrogen-bond acceptors (Lipinski definition) is 2. The molecule has 1 aromatic heterocycles. The van der Waals surface area contributed by atoms with Crippen molar-refractivity contribution in [2.75, 3.05) is 6.54 Å². The van der Waals surface area contributed by atoms with Crippen molar-refractivity contribution in [2.45, 2.75) is 19.3 Å². The molecule has 0 aliphatic heterocycles. The van der Waals surface area contributed by atoms with Gasteiger partial charge in [-0.15, -0.1) is 0 Å². The predicted octanol–water partition coefficient (Wildman–Crippen LogP) is 2.54. The van der Waals surface area contributed by atoms with Crippen molar-refractivity contribution in [3.8, 4) is 0 Å². The molecule has 2 rings (SSSR count). The van der Waals surface area contributed by atoms with Gasteiger partial charge in [-0.05, 0) is 24.6 Å². The van der Waals surface area contributed by atoms with E-state index in [2.05, 4.69) is 10.3 Å². The van der Waals surface area contributed by atoms with E-state index in [9.17, 15) is 4.79 Å². The van der Waals surface area contributed by atoms with Crippen LogP contribution in [0.2, 0.25) is 0 Å². The predicted molar refractivity (Wildman–Crippen MR) is 75.8 cm³/mol.